The summed E-state index contributed by atoms with van der Waals surface area (Å²) in [5, 5.41) is 1.37. The lowest BCUT2D eigenvalue weighted by molar-refractivity contribution is 0.958. The lowest BCUT2D eigenvalue weighted by Crippen LogP contribution is -1.85. The fraction of sp³-hybridized carbons (Fsp3) is 0.625. The van der Waals surface area contributed by atoms with Crippen LogP contribution in [0.3, 0.4) is 0 Å². The fourth-order valence-electron chi connectivity index (χ4n) is 0.710. The molecule has 0 N–H and O–H groups in total. The van der Waals surface area contributed by atoms with Crippen molar-refractivity contribution < 1.29 is 0 Å². The van der Waals surface area contributed by atoms with Crippen molar-refractivity contribution in [1.29, 1.82) is 0 Å². The summed E-state index contributed by atoms with van der Waals surface area (Å²) in [5.74, 6) is 0. The molecule has 0 radical (unpaired) electrons. The second kappa shape index (κ2) is 6.00. The molecule has 0 aromatic rings. The molecule has 0 spiro atoms. The summed E-state index contributed by atoms with van der Waals surface area (Å²) in [6, 6.07) is 0. The van der Waals surface area contributed by atoms with E-state index in [4.69, 9.17) is 12.2 Å². The highest BCUT2D eigenvalue weighted by molar-refractivity contribution is 7.81. The van der Waals surface area contributed by atoms with Gasteiger partial charge in [0.15, 0.2) is 0 Å². The molecular weight excluding hydrogens is 159 g/mol. The van der Waals surface area contributed by atoms with Crippen LogP contribution in [0, 0.1) is 0 Å². The summed E-state index contributed by atoms with van der Waals surface area (Å²) in [5.41, 5.74) is 0. The van der Waals surface area contributed by atoms with Gasteiger partial charge in [-0.2, -0.15) is 0 Å². The van der Waals surface area contributed by atoms with Gasteiger partial charge in [0.25, 0.3) is 0 Å². The smallest absolute Gasteiger partial charge is 0.0192 e. The second-order valence-corrected chi connectivity index (χ2v) is 3.86. The van der Waals surface area contributed by atoms with Crippen molar-refractivity contribution in [2.75, 3.05) is 6.66 Å². The predicted molar refractivity (Wildman–Crippen MR) is 55.5 cm³/mol. The number of thiocarbonyl (C=S) groups is 1. The minimum atomic E-state index is 0.859. The van der Waals surface area contributed by atoms with Crippen molar-refractivity contribution in [2.45, 2.75) is 26.7 Å². The average Bonchev–Trinajstić information content (AvgIpc) is 1.89. The third-order valence-corrected chi connectivity index (χ3v) is 2.80. The Morgan fingerprint density at radius 2 is 2.20 bits per heavy atom. The highest BCUT2D eigenvalue weighted by Crippen LogP contribution is 2.21. The highest BCUT2D eigenvalue weighted by Gasteiger charge is 1.93. The zero-order valence-corrected chi connectivity index (χ0v) is 8.72. The minimum absolute atomic E-state index is 0.859. The van der Waals surface area contributed by atoms with Crippen LogP contribution < -0.4 is 0 Å². The molecule has 1 unspecified atom stereocenters. The molecule has 0 heterocycles. The molecular formula is C8H15PS. The standard InChI is InChI=1S/C8H15PS/c1-4-5-6-8(9-3)7(2)10/h6,9H,4-5H2,1-3H3/b8-6-. The molecule has 10 heavy (non-hydrogen) atoms. The van der Waals surface area contributed by atoms with E-state index in [9.17, 15) is 0 Å². The maximum absolute atomic E-state index is 5.07. The van der Waals surface area contributed by atoms with Gasteiger partial charge in [0, 0.05) is 4.86 Å². The van der Waals surface area contributed by atoms with Crippen LogP contribution in [0.2, 0.25) is 0 Å². The third kappa shape index (κ3) is 4.14. The van der Waals surface area contributed by atoms with E-state index >= 15 is 0 Å². The van der Waals surface area contributed by atoms with Gasteiger partial charge in [0.05, 0.1) is 0 Å². The average molecular weight is 174 g/mol. The predicted octanol–water partition coefficient (Wildman–Crippen LogP) is 3.37. The summed E-state index contributed by atoms with van der Waals surface area (Å²) in [4.78, 5) is 1.06. The Morgan fingerprint density at radius 3 is 2.50 bits per heavy atom. The molecule has 0 aromatic carbocycles. The van der Waals surface area contributed by atoms with E-state index in [1.54, 1.807) is 0 Å². The second-order valence-electron chi connectivity index (χ2n) is 2.21. The van der Waals surface area contributed by atoms with Gasteiger partial charge >= 0.3 is 0 Å². The molecule has 0 amide bonds. The fourth-order valence-corrected chi connectivity index (χ4v) is 1.80. The van der Waals surface area contributed by atoms with Gasteiger partial charge in [0.2, 0.25) is 0 Å². The first-order valence-corrected chi connectivity index (χ1v) is 5.52. The molecule has 0 aromatic heterocycles. The summed E-state index contributed by atoms with van der Waals surface area (Å²) in [6.45, 7) is 6.37. The molecule has 0 aliphatic rings. The van der Waals surface area contributed by atoms with Crippen LogP contribution in [0.5, 0.6) is 0 Å². The van der Waals surface area contributed by atoms with Gasteiger partial charge in [-0.05, 0) is 25.3 Å². The molecule has 58 valence electrons. The molecule has 0 bridgehead atoms. The third-order valence-electron chi connectivity index (χ3n) is 1.29. The number of hydrogen-bond donors (Lipinski definition) is 0. The summed E-state index contributed by atoms with van der Waals surface area (Å²) < 4.78 is 0. The molecule has 2 heteroatoms. The Bertz CT molecular complexity index is 138. The number of unbranched alkanes of at least 4 members (excludes halogenated alkanes) is 1. The molecule has 0 aliphatic heterocycles. The Kier molecular flexibility index (Phi) is 6.16. The van der Waals surface area contributed by atoms with Crippen LogP contribution in [-0.2, 0) is 0 Å². The summed E-state index contributed by atoms with van der Waals surface area (Å²) in [7, 11) is 0.859. The van der Waals surface area contributed by atoms with Gasteiger partial charge in [-0.1, -0.05) is 40.2 Å². The molecule has 0 nitrogen and oxygen atoms in total. The van der Waals surface area contributed by atoms with Gasteiger partial charge in [-0.15, -0.1) is 0 Å². The maximum atomic E-state index is 5.07. The van der Waals surface area contributed by atoms with E-state index in [1.807, 2.05) is 6.92 Å². The number of hydrogen-bond acceptors (Lipinski definition) is 1. The van der Waals surface area contributed by atoms with Crippen molar-refractivity contribution >= 4 is 25.7 Å². The van der Waals surface area contributed by atoms with E-state index < -0.39 is 0 Å². The van der Waals surface area contributed by atoms with E-state index in [2.05, 4.69) is 19.7 Å². The first kappa shape index (κ1) is 10.3. The number of rotatable bonds is 4. The van der Waals surface area contributed by atoms with Gasteiger partial charge in [0.1, 0.15) is 0 Å². The van der Waals surface area contributed by atoms with Crippen molar-refractivity contribution in [1.82, 2.24) is 0 Å². The van der Waals surface area contributed by atoms with Crippen molar-refractivity contribution in [3.05, 3.63) is 11.4 Å². The monoisotopic (exact) mass is 174 g/mol. The van der Waals surface area contributed by atoms with E-state index in [-0.39, 0.29) is 0 Å². The molecule has 0 rings (SSSR count). The van der Waals surface area contributed by atoms with Crippen LogP contribution in [-0.4, -0.2) is 11.5 Å². The normalized spacial score (nSPS) is 12.9. The minimum Gasteiger partial charge on any atom is -0.0927 e. The summed E-state index contributed by atoms with van der Waals surface area (Å²) >= 11 is 5.07. The quantitative estimate of drug-likeness (QED) is 0.358. The van der Waals surface area contributed by atoms with Crippen LogP contribution in [0.4, 0.5) is 0 Å². The van der Waals surface area contributed by atoms with E-state index in [0.717, 1.165) is 13.4 Å². The van der Waals surface area contributed by atoms with Crippen LogP contribution in [0.25, 0.3) is 0 Å². The van der Waals surface area contributed by atoms with E-state index in [0.29, 0.717) is 0 Å². The number of allylic oxidation sites excluding steroid dienone is 2. The van der Waals surface area contributed by atoms with Crippen molar-refractivity contribution in [3.8, 4) is 0 Å². The van der Waals surface area contributed by atoms with Crippen molar-refractivity contribution in [3.63, 3.8) is 0 Å². The maximum Gasteiger partial charge on any atom is 0.0192 e. The highest BCUT2D eigenvalue weighted by atomic mass is 32.1. The van der Waals surface area contributed by atoms with Crippen LogP contribution in [0.1, 0.15) is 26.7 Å². The van der Waals surface area contributed by atoms with Gasteiger partial charge in [-0.25, -0.2) is 0 Å². The first-order chi connectivity index (χ1) is 4.72. The van der Waals surface area contributed by atoms with Gasteiger partial charge < -0.3 is 0 Å². The lowest BCUT2D eigenvalue weighted by Gasteiger charge is -1.99. The Morgan fingerprint density at radius 1 is 1.60 bits per heavy atom. The Labute approximate surface area is 70.9 Å². The molecule has 0 aliphatic carbocycles. The summed E-state index contributed by atoms with van der Waals surface area (Å²) in [6.07, 6.45) is 4.65. The molecule has 0 fully saturated rings. The lowest BCUT2D eigenvalue weighted by atomic mass is 10.3. The molecule has 0 saturated heterocycles. The zero-order chi connectivity index (χ0) is 7.98. The van der Waals surface area contributed by atoms with E-state index in [1.165, 1.54) is 18.2 Å². The van der Waals surface area contributed by atoms with Gasteiger partial charge in [-0.3, -0.25) is 0 Å². The first-order valence-electron chi connectivity index (χ1n) is 3.61. The Balaban J connectivity index is 3.91. The van der Waals surface area contributed by atoms with Crippen LogP contribution in [0.15, 0.2) is 11.4 Å². The zero-order valence-electron chi connectivity index (χ0n) is 6.90. The Hall–Kier alpha value is 0.260. The van der Waals surface area contributed by atoms with Crippen molar-refractivity contribution in [2.24, 2.45) is 0 Å². The SMILES string of the molecule is CCC/C=C(\PC)C(C)=S. The largest absolute Gasteiger partial charge is 0.0927 e. The molecule has 1 atom stereocenters. The topological polar surface area (TPSA) is 0 Å². The molecule has 0 saturated carbocycles. The van der Waals surface area contributed by atoms with Crippen LogP contribution >= 0.6 is 20.8 Å².